The van der Waals surface area contributed by atoms with Gasteiger partial charge in [0.25, 0.3) is 0 Å². The number of carbonyl (C=O) groups excluding carboxylic acids is 1. The summed E-state index contributed by atoms with van der Waals surface area (Å²) in [7, 11) is 0. The third kappa shape index (κ3) is 2.85. The van der Waals surface area contributed by atoms with E-state index in [4.69, 9.17) is 0 Å². The number of hydrogen-bond donors (Lipinski definition) is 2. The van der Waals surface area contributed by atoms with E-state index in [9.17, 15) is 14.3 Å². The summed E-state index contributed by atoms with van der Waals surface area (Å²) in [5.74, 6) is -0.0306. The number of hydrogen-bond acceptors (Lipinski definition) is 2. The summed E-state index contributed by atoms with van der Waals surface area (Å²) in [5.41, 5.74) is 1.02. The maximum atomic E-state index is 12.9. The number of aliphatic hydroxyl groups excluding tert-OH is 1. The van der Waals surface area contributed by atoms with E-state index in [2.05, 4.69) is 5.32 Å². The van der Waals surface area contributed by atoms with Crippen molar-refractivity contribution >= 4 is 5.91 Å². The Balaban J connectivity index is 1.56. The van der Waals surface area contributed by atoms with E-state index in [-0.39, 0.29) is 29.6 Å². The third-order valence-corrected chi connectivity index (χ3v) is 4.48. The number of aliphatic hydroxyl groups is 1. The van der Waals surface area contributed by atoms with Gasteiger partial charge in [-0.15, -0.1) is 0 Å². The Morgan fingerprint density at radius 1 is 1.20 bits per heavy atom. The number of halogens is 1. The predicted molar refractivity (Wildman–Crippen MR) is 73.7 cm³/mol. The zero-order valence-electron chi connectivity index (χ0n) is 11.4. The highest BCUT2D eigenvalue weighted by Crippen LogP contribution is 2.47. The van der Waals surface area contributed by atoms with Crippen molar-refractivity contribution in [1.29, 1.82) is 0 Å². The summed E-state index contributed by atoms with van der Waals surface area (Å²) in [6.07, 6.45) is 4.15. The minimum Gasteiger partial charge on any atom is -0.391 e. The Kier molecular flexibility index (Phi) is 3.74. The van der Waals surface area contributed by atoms with E-state index in [1.807, 2.05) is 0 Å². The van der Waals surface area contributed by atoms with Crippen molar-refractivity contribution in [3.05, 3.63) is 35.6 Å². The van der Waals surface area contributed by atoms with Crippen molar-refractivity contribution < 1.29 is 14.3 Å². The fraction of sp³-hybridized carbons (Fsp3) is 0.562. The molecule has 2 aliphatic carbocycles. The molecule has 4 heteroatoms. The van der Waals surface area contributed by atoms with Gasteiger partial charge in [-0.2, -0.15) is 0 Å². The van der Waals surface area contributed by atoms with Crippen LogP contribution in [-0.2, 0) is 4.79 Å². The minimum atomic E-state index is -0.407. The zero-order chi connectivity index (χ0) is 14.1. The number of rotatable bonds is 3. The average molecular weight is 277 g/mol. The van der Waals surface area contributed by atoms with E-state index in [0.717, 1.165) is 37.7 Å². The quantitative estimate of drug-likeness (QED) is 0.891. The highest BCUT2D eigenvalue weighted by molar-refractivity contribution is 5.83. The molecule has 4 unspecified atom stereocenters. The van der Waals surface area contributed by atoms with Crippen LogP contribution >= 0.6 is 0 Å². The first kappa shape index (κ1) is 13.6. The normalized spacial score (nSPS) is 32.7. The molecule has 0 heterocycles. The van der Waals surface area contributed by atoms with Crippen LogP contribution in [0.15, 0.2) is 24.3 Å². The summed E-state index contributed by atoms with van der Waals surface area (Å²) < 4.78 is 12.9. The maximum Gasteiger partial charge on any atom is 0.224 e. The first-order valence-electron chi connectivity index (χ1n) is 7.39. The molecule has 0 aromatic heterocycles. The van der Waals surface area contributed by atoms with Crippen molar-refractivity contribution in [3.63, 3.8) is 0 Å². The third-order valence-electron chi connectivity index (χ3n) is 4.48. The molecule has 2 aliphatic rings. The molecule has 0 radical (unpaired) electrons. The lowest BCUT2D eigenvalue weighted by Crippen LogP contribution is -2.45. The summed E-state index contributed by atoms with van der Waals surface area (Å²) >= 11 is 0. The van der Waals surface area contributed by atoms with Crippen molar-refractivity contribution in [2.24, 2.45) is 5.92 Å². The molecular formula is C16H20FNO2. The molecule has 1 aromatic rings. The van der Waals surface area contributed by atoms with Crippen molar-refractivity contribution in [3.8, 4) is 0 Å². The monoisotopic (exact) mass is 277 g/mol. The van der Waals surface area contributed by atoms with E-state index in [1.54, 1.807) is 12.1 Å². The van der Waals surface area contributed by atoms with Gasteiger partial charge in [0, 0.05) is 5.92 Å². The molecule has 3 rings (SSSR count). The van der Waals surface area contributed by atoms with E-state index in [0.29, 0.717) is 0 Å². The smallest absolute Gasteiger partial charge is 0.224 e. The Labute approximate surface area is 118 Å². The topological polar surface area (TPSA) is 49.3 Å². The van der Waals surface area contributed by atoms with Crippen LogP contribution in [0.25, 0.3) is 0 Å². The summed E-state index contributed by atoms with van der Waals surface area (Å²) in [6.45, 7) is 0. The summed E-state index contributed by atoms with van der Waals surface area (Å²) in [6, 6.07) is 6.29. The minimum absolute atomic E-state index is 0.0189. The molecular weight excluding hydrogens is 257 g/mol. The van der Waals surface area contributed by atoms with Gasteiger partial charge in [-0.05, 0) is 42.9 Å². The second-order valence-corrected chi connectivity index (χ2v) is 5.97. The predicted octanol–water partition coefficient (Wildman–Crippen LogP) is 2.35. The Bertz CT molecular complexity index is 488. The molecule has 0 bridgehead atoms. The van der Waals surface area contributed by atoms with Crippen molar-refractivity contribution in [1.82, 2.24) is 5.32 Å². The van der Waals surface area contributed by atoms with Gasteiger partial charge in [-0.3, -0.25) is 4.79 Å². The van der Waals surface area contributed by atoms with E-state index >= 15 is 0 Å². The SMILES string of the molecule is O=C(NC1CCCCC1O)C1CC1c1ccc(F)cc1. The van der Waals surface area contributed by atoms with Crippen LogP contribution in [0.4, 0.5) is 4.39 Å². The van der Waals surface area contributed by atoms with Crippen LogP contribution in [0.1, 0.15) is 43.6 Å². The highest BCUT2D eigenvalue weighted by Gasteiger charge is 2.44. The van der Waals surface area contributed by atoms with Gasteiger partial charge in [0.05, 0.1) is 12.1 Å². The first-order chi connectivity index (χ1) is 9.65. The summed E-state index contributed by atoms with van der Waals surface area (Å²) in [5, 5.41) is 12.9. The van der Waals surface area contributed by atoms with E-state index < -0.39 is 6.10 Å². The molecule has 0 saturated heterocycles. The Morgan fingerprint density at radius 2 is 1.90 bits per heavy atom. The zero-order valence-corrected chi connectivity index (χ0v) is 11.4. The molecule has 20 heavy (non-hydrogen) atoms. The van der Waals surface area contributed by atoms with Crippen LogP contribution in [0.5, 0.6) is 0 Å². The van der Waals surface area contributed by atoms with Gasteiger partial charge in [0.2, 0.25) is 5.91 Å². The van der Waals surface area contributed by atoms with Crippen LogP contribution in [0.2, 0.25) is 0 Å². The van der Waals surface area contributed by atoms with Crippen LogP contribution < -0.4 is 5.32 Å². The van der Waals surface area contributed by atoms with Gasteiger partial charge in [-0.1, -0.05) is 25.0 Å². The molecule has 0 spiro atoms. The molecule has 4 atom stereocenters. The van der Waals surface area contributed by atoms with Crippen LogP contribution in [-0.4, -0.2) is 23.2 Å². The molecule has 3 nitrogen and oxygen atoms in total. The Morgan fingerprint density at radius 3 is 2.60 bits per heavy atom. The fourth-order valence-electron chi connectivity index (χ4n) is 3.13. The summed E-state index contributed by atoms with van der Waals surface area (Å²) in [4.78, 5) is 12.2. The molecule has 2 fully saturated rings. The van der Waals surface area contributed by atoms with Crippen molar-refractivity contribution in [2.45, 2.75) is 50.2 Å². The number of carbonyl (C=O) groups is 1. The first-order valence-corrected chi connectivity index (χ1v) is 7.39. The van der Waals surface area contributed by atoms with E-state index in [1.165, 1.54) is 12.1 Å². The molecule has 2 N–H and O–H groups in total. The molecule has 1 amide bonds. The molecule has 108 valence electrons. The van der Waals surface area contributed by atoms with Crippen LogP contribution in [0.3, 0.4) is 0 Å². The van der Waals surface area contributed by atoms with Crippen molar-refractivity contribution in [2.75, 3.05) is 0 Å². The van der Waals surface area contributed by atoms with Gasteiger partial charge in [-0.25, -0.2) is 4.39 Å². The van der Waals surface area contributed by atoms with Gasteiger partial charge >= 0.3 is 0 Å². The maximum absolute atomic E-state index is 12.9. The molecule has 1 aromatic carbocycles. The van der Waals surface area contributed by atoms with Gasteiger partial charge in [0.1, 0.15) is 5.82 Å². The lowest BCUT2D eigenvalue weighted by Gasteiger charge is -2.28. The number of benzene rings is 1. The molecule has 2 saturated carbocycles. The lowest BCUT2D eigenvalue weighted by atomic mass is 9.92. The molecule has 0 aliphatic heterocycles. The Hall–Kier alpha value is -1.42. The van der Waals surface area contributed by atoms with Gasteiger partial charge < -0.3 is 10.4 Å². The number of amides is 1. The standard InChI is InChI=1S/C16H20FNO2/c17-11-7-5-10(6-8-11)12-9-13(12)16(20)18-14-3-1-2-4-15(14)19/h5-8,12-15,19H,1-4,9H2,(H,18,20). The second kappa shape index (κ2) is 5.52. The lowest BCUT2D eigenvalue weighted by molar-refractivity contribution is -0.124. The fourth-order valence-corrected chi connectivity index (χ4v) is 3.13. The van der Waals surface area contributed by atoms with Crippen LogP contribution in [0, 0.1) is 11.7 Å². The second-order valence-electron chi connectivity index (χ2n) is 5.97. The van der Waals surface area contributed by atoms with Gasteiger partial charge in [0.15, 0.2) is 0 Å². The largest absolute Gasteiger partial charge is 0.391 e. The average Bonchev–Trinajstić information content (AvgIpc) is 3.23. The number of nitrogens with one attached hydrogen (secondary N) is 1. The highest BCUT2D eigenvalue weighted by atomic mass is 19.1.